The number of hydrogen-bond acceptors (Lipinski definition) is 6. The second-order valence-corrected chi connectivity index (χ2v) is 4.28. The van der Waals surface area contributed by atoms with Crippen molar-refractivity contribution in [2.75, 3.05) is 6.61 Å². The SMILES string of the molecule is O=C(O)COC(C(=O)O)C(C(=O)O)S(=O)(=O)O. The van der Waals surface area contributed by atoms with Crippen LogP contribution in [-0.2, 0) is 29.2 Å². The molecule has 0 saturated carbocycles. The number of carboxylic acid groups (broad SMARTS) is 3. The number of carbonyl (C=O) groups is 3. The van der Waals surface area contributed by atoms with Crippen LogP contribution in [0.2, 0.25) is 0 Å². The minimum absolute atomic E-state index is 1.23. The van der Waals surface area contributed by atoms with Crippen molar-refractivity contribution in [2.45, 2.75) is 11.4 Å². The highest BCUT2D eigenvalue weighted by atomic mass is 32.2. The first kappa shape index (κ1) is 15.3. The molecule has 0 radical (unpaired) electrons. The van der Waals surface area contributed by atoms with Gasteiger partial charge in [-0.3, -0.25) is 9.35 Å². The van der Waals surface area contributed by atoms with Crippen molar-refractivity contribution in [3.63, 3.8) is 0 Å². The van der Waals surface area contributed by atoms with Crippen LogP contribution >= 0.6 is 0 Å². The van der Waals surface area contributed by atoms with Gasteiger partial charge in [-0.15, -0.1) is 0 Å². The van der Waals surface area contributed by atoms with Gasteiger partial charge in [-0.25, -0.2) is 9.59 Å². The molecule has 0 rings (SSSR count). The molecule has 0 spiro atoms. The van der Waals surface area contributed by atoms with Gasteiger partial charge in [0.05, 0.1) is 0 Å². The largest absolute Gasteiger partial charge is 0.480 e. The summed E-state index contributed by atoms with van der Waals surface area (Å²) in [5.74, 6) is -5.84. The Kier molecular flexibility index (Phi) is 5.00. The Morgan fingerprint density at radius 3 is 1.76 bits per heavy atom. The zero-order chi connectivity index (χ0) is 13.8. The monoisotopic (exact) mass is 272 g/mol. The summed E-state index contributed by atoms with van der Waals surface area (Å²) >= 11 is 0. The maximum Gasteiger partial charge on any atom is 0.334 e. The van der Waals surface area contributed by atoms with E-state index in [1.54, 1.807) is 0 Å². The van der Waals surface area contributed by atoms with Crippen LogP contribution in [0, 0.1) is 0 Å². The summed E-state index contributed by atoms with van der Waals surface area (Å²) in [5, 5.41) is 22.4. The summed E-state index contributed by atoms with van der Waals surface area (Å²) in [6, 6.07) is 0. The first-order valence-electron chi connectivity index (χ1n) is 3.82. The van der Waals surface area contributed by atoms with Crippen molar-refractivity contribution in [3.05, 3.63) is 0 Å². The summed E-state index contributed by atoms with van der Waals surface area (Å²) in [5.41, 5.74) is 0. The quantitative estimate of drug-likeness (QED) is 0.375. The van der Waals surface area contributed by atoms with E-state index < -0.39 is 46.0 Å². The molecule has 0 heterocycles. The third kappa shape index (κ3) is 4.76. The first-order valence-corrected chi connectivity index (χ1v) is 5.33. The van der Waals surface area contributed by atoms with Gasteiger partial charge in [-0.05, 0) is 0 Å². The van der Waals surface area contributed by atoms with Crippen LogP contribution in [0.15, 0.2) is 0 Å². The lowest BCUT2D eigenvalue weighted by molar-refractivity contribution is -0.161. The number of rotatable bonds is 7. The molecule has 98 valence electrons. The van der Waals surface area contributed by atoms with Gasteiger partial charge in [-0.1, -0.05) is 0 Å². The van der Waals surface area contributed by atoms with Crippen LogP contribution in [-0.4, -0.2) is 64.2 Å². The van der Waals surface area contributed by atoms with Gasteiger partial charge in [0.1, 0.15) is 6.61 Å². The molecule has 0 saturated heterocycles. The van der Waals surface area contributed by atoms with Crippen LogP contribution in [0.4, 0.5) is 0 Å². The molecule has 0 aliphatic heterocycles. The van der Waals surface area contributed by atoms with Crippen molar-refractivity contribution in [3.8, 4) is 0 Å². The zero-order valence-electron chi connectivity index (χ0n) is 8.01. The van der Waals surface area contributed by atoms with E-state index >= 15 is 0 Å². The predicted octanol–water partition coefficient (Wildman–Crippen LogP) is -2.12. The van der Waals surface area contributed by atoms with E-state index in [0.29, 0.717) is 0 Å². The Balaban J connectivity index is 5.19. The molecule has 11 heteroatoms. The number of hydrogen-bond donors (Lipinski definition) is 4. The van der Waals surface area contributed by atoms with Crippen LogP contribution in [0.3, 0.4) is 0 Å². The topological polar surface area (TPSA) is 176 Å². The van der Waals surface area contributed by atoms with Gasteiger partial charge in [0.15, 0.2) is 6.10 Å². The van der Waals surface area contributed by atoms with Gasteiger partial charge < -0.3 is 20.1 Å². The molecular weight excluding hydrogens is 264 g/mol. The fourth-order valence-corrected chi connectivity index (χ4v) is 1.62. The zero-order valence-corrected chi connectivity index (χ0v) is 8.82. The molecule has 10 nitrogen and oxygen atoms in total. The predicted molar refractivity (Wildman–Crippen MR) is 48.0 cm³/mol. The second-order valence-electron chi connectivity index (χ2n) is 2.74. The van der Waals surface area contributed by atoms with Crippen molar-refractivity contribution in [2.24, 2.45) is 0 Å². The van der Waals surface area contributed by atoms with E-state index in [9.17, 15) is 22.8 Å². The van der Waals surface area contributed by atoms with E-state index in [2.05, 4.69) is 4.74 Å². The molecule has 0 aromatic carbocycles. The molecule has 0 amide bonds. The average molecular weight is 272 g/mol. The number of aliphatic carboxylic acids is 3. The lowest BCUT2D eigenvalue weighted by Gasteiger charge is -2.17. The average Bonchev–Trinajstić information content (AvgIpc) is 2.07. The van der Waals surface area contributed by atoms with Crippen LogP contribution in [0.25, 0.3) is 0 Å². The van der Waals surface area contributed by atoms with Crippen molar-refractivity contribution >= 4 is 28.0 Å². The molecule has 0 fully saturated rings. The molecular formula is C6H8O10S. The first-order chi connectivity index (χ1) is 7.57. The molecule has 0 bridgehead atoms. The fraction of sp³-hybridized carbons (Fsp3) is 0.500. The number of carboxylic acids is 3. The van der Waals surface area contributed by atoms with Crippen molar-refractivity contribution < 1.29 is 47.4 Å². The van der Waals surface area contributed by atoms with Crippen molar-refractivity contribution in [1.82, 2.24) is 0 Å². The van der Waals surface area contributed by atoms with E-state index in [1.165, 1.54) is 0 Å². The Bertz CT molecular complexity index is 422. The van der Waals surface area contributed by atoms with E-state index in [1.807, 2.05) is 0 Å². The highest BCUT2D eigenvalue weighted by Crippen LogP contribution is 2.10. The summed E-state index contributed by atoms with van der Waals surface area (Å²) in [6.07, 6.45) is -2.53. The lowest BCUT2D eigenvalue weighted by Crippen LogP contribution is -2.47. The molecule has 0 aliphatic rings. The van der Waals surface area contributed by atoms with Crippen molar-refractivity contribution in [1.29, 1.82) is 0 Å². The Labute approximate surface area is 94.2 Å². The third-order valence-corrected chi connectivity index (χ3v) is 2.56. The summed E-state index contributed by atoms with van der Waals surface area (Å²) in [7, 11) is -5.25. The molecule has 17 heavy (non-hydrogen) atoms. The van der Waals surface area contributed by atoms with Crippen LogP contribution in [0.5, 0.6) is 0 Å². The van der Waals surface area contributed by atoms with E-state index in [-0.39, 0.29) is 0 Å². The minimum atomic E-state index is -5.25. The molecule has 2 atom stereocenters. The maximum absolute atomic E-state index is 10.6. The maximum atomic E-state index is 10.6. The highest BCUT2D eigenvalue weighted by molar-refractivity contribution is 7.87. The third-order valence-electron chi connectivity index (χ3n) is 1.47. The Hall–Kier alpha value is -1.72. The molecule has 2 unspecified atom stereocenters. The van der Waals surface area contributed by atoms with Crippen LogP contribution < -0.4 is 0 Å². The van der Waals surface area contributed by atoms with Gasteiger partial charge >= 0.3 is 17.9 Å². The molecule has 0 aromatic rings. The normalized spacial score (nSPS) is 14.9. The highest BCUT2D eigenvalue weighted by Gasteiger charge is 2.44. The molecule has 0 aliphatic carbocycles. The molecule has 4 N–H and O–H groups in total. The fourth-order valence-electron chi connectivity index (χ4n) is 0.862. The summed E-state index contributed by atoms with van der Waals surface area (Å²) < 4.78 is 33.9. The molecule has 0 aromatic heterocycles. The van der Waals surface area contributed by atoms with Crippen LogP contribution in [0.1, 0.15) is 0 Å². The van der Waals surface area contributed by atoms with Gasteiger partial charge in [0.25, 0.3) is 10.1 Å². The Morgan fingerprint density at radius 2 is 1.53 bits per heavy atom. The van der Waals surface area contributed by atoms with E-state index in [4.69, 9.17) is 19.9 Å². The minimum Gasteiger partial charge on any atom is -0.480 e. The summed E-state index contributed by atoms with van der Waals surface area (Å²) in [6.45, 7) is -1.23. The van der Waals surface area contributed by atoms with E-state index in [0.717, 1.165) is 0 Å². The lowest BCUT2D eigenvalue weighted by atomic mass is 10.2. The standard InChI is InChI=1S/C6H8O10S/c7-2(8)1-16-3(5(9)10)4(6(11)12)17(13,14)15/h3-4H,1H2,(H,7,8)(H,9,10)(H,11,12)(H,13,14,15). The van der Waals surface area contributed by atoms with Gasteiger partial charge in [0, 0.05) is 0 Å². The number of ether oxygens (including phenoxy) is 1. The smallest absolute Gasteiger partial charge is 0.334 e. The van der Waals surface area contributed by atoms with Gasteiger partial charge in [-0.2, -0.15) is 8.42 Å². The second kappa shape index (κ2) is 5.56. The summed E-state index contributed by atoms with van der Waals surface area (Å²) in [4.78, 5) is 31.1. The Morgan fingerprint density at radius 1 is 1.06 bits per heavy atom. The van der Waals surface area contributed by atoms with Gasteiger partial charge in [0.2, 0.25) is 5.25 Å².